The van der Waals surface area contributed by atoms with Gasteiger partial charge >= 0.3 is 5.97 Å². The third kappa shape index (κ3) is 4.06. The van der Waals surface area contributed by atoms with Crippen molar-refractivity contribution in [2.75, 3.05) is 12.4 Å². The third-order valence-electron chi connectivity index (χ3n) is 5.19. The zero-order valence-electron chi connectivity index (χ0n) is 17.8. The third-order valence-corrected chi connectivity index (χ3v) is 6.73. The lowest BCUT2D eigenvalue weighted by molar-refractivity contribution is -0.116. The summed E-state index contributed by atoms with van der Waals surface area (Å²) in [5.41, 5.74) is 2.47. The molecule has 2 heterocycles. The number of anilines is 1. The van der Waals surface area contributed by atoms with Gasteiger partial charge in [-0.2, -0.15) is 0 Å². The largest absolute Gasteiger partial charge is 0.493 e. The normalized spacial score (nSPS) is 15.3. The van der Waals surface area contributed by atoms with Gasteiger partial charge in [0.05, 0.1) is 18.9 Å². The monoisotopic (exact) mass is 471 g/mol. The molecule has 0 saturated heterocycles. The second-order valence-corrected chi connectivity index (χ2v) is 9.20. The maximum Gasteiger partial charge on any atom is 0.346 e. The van der Waals surface area contributed by atoms with Crippen LogP contribution in [0.4, 0.5) is 5.69 Å². The molecule has 0 spiro atoms. The van der Waals surface area contributed by atoms with Crippen molar-refractivity contribution in [1.29, 1.82) is 0 Å². The Morgan fingerprint density at radius 2 is 1.94 bits per heavy atom. The number of hydrogen-bond donors (Lipinski definition) is 2. The zero-order valence-corrected chi connectivity index (χ0v) is 19.3. The molecule has 4 rings (SSSR count). The van der Waals surface area contributed by atoms with Gasteiger partial charge < -0.3 is 19.9 Å². The molecule has 0 bridgehead atoms. The van der Waals surface area contributed by atoms with Crippen LogP contribution in [0.15, 0.2) is 42.5 Å². The first kappa shape index (κ1) is 22.2. The van der Waals surface area contributed by atoms with Crippen LogP contribution in [0.5, 0.6) is 11.5 Å². The zero-order chi connectivity index (χ0) is 23.0. The number of ether oxygens (including phenoxy) is 2. The number of carboxylic acid groups (broad SMARTS) is 1. The minimum Gasteiger partial charge on any atom is -0.493 e. The Bertz CT molecular complexity index is 1190. The molecule has 1 unspecified atom stereocenters. The summed E-state index contributed by atoms with van der Waals surface area (Å²) >= 11 is 7.19. The Hall–Kier alpha value is -3.03. The standard InChI is InChI=1S/C24H22ClNO5S/c1-12(2)31-21-15(5-4-6-17(21)30-3)16-11-18(27)26-20-19(13-7-9-14(25)10-8-13)23(24(28)29)32-22(16)20/h4-10,12,16H,11H2,1-3H3,(H,26,27)(H,28,29). The lowest BCUT2D eigenvalue weighted by Gasteiger charge is -2.27. The molecule has 0 saturated carbocycles. The van der Waals surface area contributed by atoms with E-state index in [9.17, 15) is 14.7 Å². The van der Waals surface area contributed by atoms with Gasteiger partial charge in [-0.25, -0.2) is 4.79 Å². The van der Waals surface area contributed by atoms with Gasteiger partial charge in [0.15, 0.2) is 11.5 Å². The summed E-state index contributed by atoms with van der Waals surface area (Å²) in [4.78, 5) is 25.8. The van der Waals surface area contributed by atoms with E-state index >= 15 is 0 Å². The van der Waals surface area contributed by atoms with Gasteiger partial charge in [0, 0.05) is 33.4 Å². The summed E-state index contributed by atoms with van der Waals surface area (Å²) < 4.78 is 11.6. The lowest BCUT2D eigenvalue weighted by Crippen LogP contribution is -2.23. The van der Waals surface area contributed by atoms with Crippen LogP contribution < -0.4 is 14.8 Å². The predicted molar refractivity (Wildman–Crippen MR) is 126 cm³/mol. The molecule has 1 atom stereocenters. The van der Waals surface area contributed by atoms with Gasteiger partial charge in [-0.05, 0) is 37.6 Å². The van der Waals surface area contributed by atoms with E-state index in [4.69, 9.17) is 21.1 Å². The fraction of sp³-hybridized carbons (Fsp3) is 0.250. The number of rotatable bonds is 6. The maximum absolute atomic E-state index is 12.8. The first-order valence-electron chi connectivity index (χ1n) is 10.1. The number of hydrogen-bond acceptors (Lipinski definition) is 5. The second-order valence-electron chi connectivity index (χ2n) is 7.71. The molecule has 2 N–H and O–H groups in total. The molecule has 1 aromatic heterocycles. The van der Waals surface area contributed by atoms with E-state index in [0.717, 1.165) is 10.4 Å². The molecule has 166 valence electrons. The summed E-state index contributed by atoms with van der Waals surface area (Å²) in [6, 6.07) is 12.5. The van der Waals surface area contributed by atoms with Crippen LogP contribution in [0.25, 0.3) is 11.1 Å². The minimum atomic E-state index is -1.05. The minimum absolute atomic E-state index is 0.107. The van der Waals surface area contributed by atoms with Crippen molar-refractivity contribution in [3.8, 4) is 22.6 Å². The average molecular weight is 472 g/mol. The van der Waals surface area contributed by atoms with Crippen LogP contribution in [0, 0.1) is 0 Å². The number of carboxylic acids is 1. The van der Waals surface area contributed by atoms with Gasteiger partial charge in [-0.15, -0.1) is 11.3 Å². The summed E-state index contributed by atoms with van der Waals surface area (Å²) in [5.74, 6) is -0.477. The van der Waals surface area contributed by atoms with E-state index in [0.29, 0.717) is 33.3 Å². The quantitative estimate of drug-likeness (QED) is 0.458. The average Bonchev–Trinajstić information content (AvgIpc) is 3.13. The first-order chi connectivity index (χ1) is 15.3. The first-order valence-corrected chi connectivity index (χ1v) is 11.3. The van der Waals surface area contributed by atoms with Crippen LogP contribution in [-0.4, -0.2) is 30.2 Å². The number of methoxy groups -OCH3 is 1. The summed E-state index contributed by atoms with van der Waals surface area (Å²) in [6.45, 7) is 3.84. The van der Waals surface area contributed by atoms with Crippen LogP contribution >= 0.6 is 22.9 Å². The Morgan fingerprint density at radius 1 is 1.22 bits per heavy atom. The molecule has 0 radical (unpaired) electrons. The topological polar surface area (TPSA) is 84.9 Å². The van der Waals surface area contributed by atoms with Crippen molar-refractivity contribution in [2.24, 2.45) is 0 Å². The van der Waals surface area contributed by atoms with E-state index in [1.54, 1.807) is 37.4 Å². The van der Waals surface area contributed by atoms with Crippen LogP contribution in [-0.2, 0) is 4.79 Å². The molecule has 2 aromatic carbocycles. The van der Waals surface area contributed by atoms with E-state index in [-0.39, 0.29) is 29.2 Å². The predicted octanol–water partition coefficient (Wildman–Crippen LogP) is 6.04. The fourth-order valence-electron chi connectivity index (χ4n) is 3.91. The second kappa shape index (κ2) is 8.84. The number of halogens is 1. The van der Waals surface area contributed by atoms with Gasteiger partial charge in [-0.3, -0.25) is 4.79 Å². The van der Waals surface area contributed by atoms with Gasteiger partial charge in [0.1, 0.15) is 4.88 Å². The highest BCUT2D eigenvalue weighted by atomic mass is 35.5. The van der Waals surface area contributed by atoms with E-state index < -0.39 is 5.97 Å². The number of thiophene rings is 1. The van der Waals surface area contributed by atoms with Crippen molar-refractivity contribution < 1.29 is 24.2 Å². The van der Waals surface area contributed by atoms with Crippen molar-refractivity contribution in [2.45, 2.75) is 32.3 Å². The van der Waals surface area contributed by atoms with Gasteiger partial charge in [-0.1, -0.05) is 35.9 Å². The highest BCUT2D eigenvalue weighted by Gasteiger charge is 2.36. The highest BCUT2D eigenvalue weighted by Crippen LogP contribution is 2.52. The van der Waals surface area contributed by atoms with Crippen LogP contribution in [0.1, 0.15) is 46.3 Å². The molecule has 32 heavy (non-hydrogen) atoms. The molecule has 0 aliphatic carbocycles. The van der Waals surface area contributed by atoms with E-state index in [1.807, 2.05) is 26.0 Å². The number of fused-ring (bicyclic) bond motifs is 1. The van der Waals surface area contributed by atoms with E-state index in [2.05, 4.69) is 5.32 Å². The summed E-state index contributed by atoms with van der Waals surface area (Å²) in [6.07, 6.45) is 0.0679. The van der Waals surface area contributed by atoms with Gasteiger partial charge in [0.25, 0.3) is 0 Å². The van der Waals surface area contributed by atoms with Crippen molar-refractivity contribution >= 4 is 40.5 Å². The number of nitrogens with one attached hydrogen (secondary N) is 1. The molecule has 6 nitrogen and oxygen atoms in total. The number of aromatic carboxylic acids is 1. The lowest BCUT2D eigenvalue weighted by atomic mass is 9.88. The van der Waals surface area contributed by atoms with Crippen LogP contribution in [0.2, 0.25) is 5.02 Å². The van der Waals surface area contributed by atoms with E-state index in [1.165, 1.54) is 11.3 Å². The number of carbonyl (C=O) groups is 2. The smallest absolute Gasteiger partial charge is 0.346 e. The summed E-state index contributed by atoms with van der Waals surface area (Å²) in [5, 5.41) is 13.4. The fourth-order valence-corrected chi connectivity index (χ4v) is 5.27. The van der Waals surface area contributed by atoms with Crippen molar-refractivity contribution in [3.63, 3.8) is 0 Å². The molecular weight excluding hydrogens is 450 g/mol. The van der Waals surface area contributed by atoms with Gasteiger partial charge in [0.2, 0.25) is 5.91 Å². The Balaban J connectivity index is 1.94. The Labute approximate surface area is 194 Å². The molecular formula is C24H22ClNO5S. The summed E-state index contributed by atoms with van der Waals surface area (Å²) in [7, 11) is 1.57. The number of para-hydroxylation sites is 1. The number of amides is 1. The maximum atomic E-state index is 12.8. The van der Waals surface area contributed by atoms with Crippen molar-refractivity contribution in [1.82, 2.24) is 0 Å². The van der Waals surface area contributed by atoms with Crippen molar-refractivity contribution in [3.05, 3.63) is 62.8 Å². The SMILES string of the molecule is COc1cccc(C2CC(=O)Nc3c2sc(C(=O)O)c3-c2ccc(Cl)cc2)c1OC(C)C. The number of carbonyl (C=O) groups excluding carboxylic acids is 1. The molecule has 1 aliphatic rings. The molecule has 8 heteroatoms. The molecule has 1 aliphatic heterocycles. The highest BCUT2D eigenvalue weighted by molar-refractivity contribution is 7.15. The molecule has 0 fully saturated rings. The van der Waals surface area contributed by atoms with Crippen LogP contribution in [0.3, 0.4) is 0 Å². The molecule has 1 amide bonds. The molecule has 3 aromatic rings. The Morgan fingerprint density at radius 3 is 2.56 bits per heavy atom. The number of benzene rings is 2. The Kier molecular flexibility index (Phi) is 6.13.